The Morgan fingerprint density at radius 3 is 3.06 bits per heavy atom. The number of nitrogens with zero attached hydrogens (tertiary/aromatic N) is 1. The maximum Gasteiger partial charge on any atom is 0.142 e. The van der Waals surface area contributed by atoms with Gasteiger partial charge in [0.2, 0.25) is 0 Å². The summed E-state index contributed by atoms with van der Waals surface area (Å²) < 4.78 is 5.43. The van der Waals surface area contributed by atoms with Crippen LogP contribution in [0.4, 0.5) is 0 Å². The van der Waals surface area contributed by atoms with Crippen LogP contribution in [0.25, 0.3) is 10.9 Å². The molecular weight excluding hydrogens is 224 g/mol. The summed E-state index contributed by atoms with van der Waals surface area (Å²) in [5.41, 5.74) is 4.01. The lowest BCUT2D eigenvalue weighted by Gasteiger charge is -2.26. The Balaban J connectivity index is 2.05. The molecule has 18 heavy (non-hydrogen) atoms. The van der Waals surface area contributed by atoms with Gasteiger partial charge in [-0.05, 0) is 24.6 Å². The van der Waals surface area contributed by atoms with E-state index in [1.807, 2.05) is 6.07 Å². The number of H-pyrrole nitrogens is 1. The van der Waals surface area contributed by atoms with Crippen LogP contribution in [-0.2, 0) is 13.0 Å². The summed E-state index contributed by atoms with van der Waals surface area (Å²) in [6, 6.07) is 6.30. The highest BCUT2D eigenvalue weighted by molar-refractivity contribution is 5.89. The Morgan fingerprint density at radius 1 is 1.39 bits per heavy atom. The van der Waals surface area contributed by atoms with Crippen LogP contribution < -0.4 is 4.74 Å². The van der Waals surface area contributed by atoms with E-state index in [-0.39, 0.29) is 0 Å². The minimum atomic E-state index is 0.948. The fourth-order valence-electron chi connectivity index (χ4n) is 2.94. The van der Waals surface area contributed by atoms with E-state index >= 15 is 0 Å². The minimum absolute atomic E-state index is 0.948. The van der Waals surface area contributed by atoms with Gasteiger partial charge in [-0.15, -0.1) is 0 Å². The molecular formula is C15H20N2O. The molecule has 0 radical (unpaired) electrons. The van der Waals surface area contributed by atoms with E-state index in [1.165, 1.54) is 29.6 Å². The summed E-state index contributed by atoms with van der Waals surface area (Å²) in [6.07, 6.45) is 2.34. The van der Waals surface area contributed by atoms with E-state index in [1.54, 1.807) is 7.11 Å². The Labute approximate surface area is 108 Å². The van der Waals surface area contributed by atoms with Gasteiger partial charge in [0, 0.05) is 30.6 Å². The van der Waals surface area contributed by atoms with E-state index < -0.39 is 0 Å². The van der Waals surface area contributed by atoms with Crippen LogP contribution in [0.5, 0.6) is 5.75 Å². The second-order valence-electron chi connectivity index (χ2n) is 4.99. The van der Waals surface area contributed by atoms with Crippen LogP contribution in [0.1, 0.15) is 24.6 Å². The molecule has 2 aromatic rings. The molecule has 0 amide bonds. The molecule has 3 nitrogen and oxygen atoms in total. The van der Waals surface area contributed by atoms with Crippen LogP contribution >= 0.6 is 0 Å². The number of fused-ring (bicyclic) bond motifs is 3. The molecule has 0 fully saturated rings. The van der Waals surface area contributed by atoms with Gasteiger partial charge in [0.25, 0.3) is 0 Å². The van der Waals surface area contributed by atoms with Gasteiger partial charge in [0.05, 0.1) is 12.6 Å². The van der Waals surface area contributed by atoms with E-state index in [2.05, 4.69) is 28.9 Å². The zero-order valence-electron chi connectivity index (χ0n) is 11.1. The van der Waals surface area contributed by atoms with Crippen molar-refractivity contribution in [1.82, 2.24) is 9.88 Å². The van der Waals surface area contributed by atoms with Gasteiger partial charge in [0.15, 0.2) is 0 Å². The Hall–Kier alpha value is -1.48. The number of aromatic nitrogens is 1. The molecule has 1 aromatic carbocycles. The maximum absolute atomic E-state index is 5.43. The first-order valence-corrected chi connectivity index (χ1v) is 6.72. The number of para-hydroxylation sites is 1. The van der Waals surface area contributed by atoms with Crippen LogP contribution in [0.3, 0.4) is 0 Å². The normalized spacial score (nSPS) is 15.9. The van der Waals surface area contributed by atoms with E-state index in [0.29, 0.717) is 0 Å². The number of nitrogens with one attached hydrogen (secondary N) is 1. The fraction of sp³-hybridized carbons (Fsp3) is 0.467. The van der Waals surface area contributed by atoms with E-state index in [9.17, 15) is 0 Å². The first-order chi connectivity index (χ1) is 8.83. The number of ether oxygens (including phenoxy) is 1. The smallest absolute Gasteiger partial charge is 0.142 e. The van der Waals surface area contributed by atoms with Gasteiger partial charge in [-0.3, -0.25) is 4.90 Å². The Morgan fingerprint density at radius 2 is 2.28 bits per heavy atom. The van der Waals surface area contributed by atoms with Crippen molar-refractivity contribution in [2.75, 3.05) is 20.2 Å². The lowest BCUT2D eigenvalue weighted by atomic mass is 10.0. The van der Waals surface area contributed by atoms with Gasteiger partial charge >= 0.3 is 0 Å². The quantitative estimate of drug-likeness (QED) is 0.899. The molecule has 0 unspecified atom stereocenters. The molecule has 0 atom stereocenters. The highest BCUT2D eigenvalue weighted by Crippen LogP contribution is 2.32. The summed E-state index contributed by atoms with van der Waals surface area (Å²) in [5.74, 6) is 0.948. The van der Waals surface area contributed by atoms with Crippen molar-refractivity contribution in [3.63, 3.8) is 0 Å². The van der Waals surface area contributed by atoms with E-state index in [4.69, 9.17) is 4.74 Å². The lowest BCUT2D eigenvalue weighted by molar-refractivity contribution is 0.255. The summed E-state index contributed by atoms with van der Waals surface area (Å²) in [6.45, 7) is 5.66. The molecule has 0 aliphatic carbocycles. The molecule has 96 valence electrons. The van der Waals surface area contributed by atoms with Crippen LogP contribution in [0, 0.1) is 0 Å². The topological polar surface area (TPSA) is 28.3 Å². The third-order valence-electron chi connectivity index (χ3n) is 3.81. The maximum atomic E-state index is 5.43. The van der Waals surface area contributed by atoms with Gasteiger partial charge < -0.3 is 9.72 Å². The predicted octanol–water partition coefficient (Wildman–Crippen LogP) is 2.94. The molecule has 0 saturated carbocycles. The summed E-state index contributed by atoms with van der Waals surface area (Å²) in [4.78, 5) is 6.08. The SMILES string of the molecule is CCCN1CCc2[nH]c3c(OC)cccc3c2C1. The largest absolute Gasteiger partial charge is 0.495 e. The number of rotatable bonds is 3. The van der Waals surface area contributed by atoms with Crippen LogP contribution in [-0.4, -0.2) is 30.1 Å². The second kappa shape index (κ2) is 4.65. The van der Waals surface area contributed by atoms with Gasteiger partial charge in [-0.25, -0.2) is 0 Å². The Bertz CT molecular complexity index is 559. The van der Waals surface area contributed by atoms with Crippen molar-refractivity contribution in [1.29, 1.82) is 0 Å². The molecule has 1 aliphatic heterocycles. The first-order valence-electron chi connectivity index (χ1n) is 6.72. The first kappa shape index (κ1) is 11.6. The van der Waals surface area contributed by atoms with Crippen LogP contribution in [0.2, 0.25) is 0 Å². The average molecular weight is 244 g/mol. The van der Waals surface area contributed by atoms with Gasteiger partial charge in [-0.1, -0.05) is 19.1 Å². The third-order valence-corrected chi connectivity index (χ3v) is 3.81. The number of methoxy groups -OCH3 is 1. The molecule has 1 aromatic heterocycles. The molecule has 0 saturated heterocycles. The number of hydrogen-bond donors (Lipinski definition) is 1. The van der Waals surface area contributed by atoms with Gasteiger partial charge in [0.1, 0.15) is 5.75 Å². The van der Waals surface area contributed by atoms with E-state index in [0.717, 1.165) is 30.8 Å². The fourth-order valence-corrected chi connectivity index (χ4v) is 2.94. The monoisotopic (exact) mass is 244 g/mol. The highest BCUT2D eigenvalue weighted by atomic mass is 16.5. The molecule has 0 bridgehead atoms. The zero-order chi connectivity index (χ0) is 12.5. The molecule has 1 aliphatic rings. The number of aromatic amines is 1. The molecule has 3 rings (SSSR count). The van der Waals surface area contributed by atoms with Gasteiger partial charge in [-0.2, -0.15) is 0 Å². The standard InChI is InChI=1S/C15H20N2O/c1-3-8-17-9-7-13-12(10-17)11-5-4-6-14(18-2)15(11)16-13/h4-6,16H,3,7-10H2,1-2H3. The second-order valence-corrected chi connectivity index (χ2v) is 4.99. The molecule has 3 heteroatoms. The van der Waals surface area contributed by atoms with Crippen molar-refractivity contribution in [3.05, 3.63) is 29.5 Å². The highest BCUT2D eigenvalue weighted by Gasteiger charge is 2.21. The predicted molar refractivity (Wildman–Crippen MR) is 74.1 cm³/mol. The average Bonchev–Trinajstić information content (AvgIpc) is 2.77. The lowest BCUT2D eigenvalue weighted by Crippen LogP contribution is -2.30. The summed E-state index contributed by atoms with van der Waals surface area (Å²) >= 11 is 0. The zero-order valence-corrected chi connectivity index (χ0v) is 11.1. The van der Waals surface area contributed by atoms with Crippen molar-refractivity contribution in [2.45, 2.75) is 26.3 Å². The van der Waals surface area contributed by atoms with Crippen molar-refractivity contribution >= 4 is 10.9 Å². The third kappa shape index (κ3) is 1.79. The summed E-state index contributed by atoms with van der Waals surface area (Å²) in [7, 11) is 1.73. The minimum Gasteiger partial charge on any atom is -0.495 e. The van der Waals surface area contributed by atoms with Crippen molar-refractivity contribution < 1.29 is 4.74 Å². The number of benzene rings is 1. The Kier molecular flexibility index (Phi) is 3.00. The van der Waals surface area contributed by atoms with Crippen molar-refractivity contribution in [3.8, 4) is 5.75 Å². The number of hydrogen-bond acceptors (Lipinski definition) is 2. The van der Waals surface area contributed by atoms with Crippen LogP contribution in [0.15, 0.2) is 18.2 Å². The molecule has 2 heterocycles. The van der Waals surface area contributed by atoms with Crippen molar-refractivity contribution in [2.24, 2.45) is 0 Å². The summed E-state index contributed by atoms with van der Waals surface area (Å²) in [5, 5.41) is 1.32. The molecule has 0 spiro atoms. The molecule has 1 N–H and O–H groups in total.